The second-order valence-electron chi connectivity index (χ2n) is 4.53. The smallest absolute Gasteiger partial charge is 0.227 e. The average Bonchev–Trinajstić information content (AvgIpc) is 2.17. The van der Waals surface area contributed by atoms with Gasteiger partial charge in [-0.3, -0.25) is 0 Å². The van der Waals surface area contributed by atoms with Crippen LogP contribution in [0.1, 0.15) is 33.6 Å². The molecule has 94 valence electrons. The molecule has 0 amide bonds. The molecule has 0 aliphatic heterocycles. The summed E-state index contributed by atoms with van der Waals surface area (Å²) in [6, 6.07) is 1.76. The zero-order valence-electron chi connectivity index (χ0n) is 10.0. The van der Waals surface area contributed by atoms with Crippen molar-refractivity contribution in [2.45, 2.75) is 38.9 Å². The molecule has 1 unspecified atom stereocenters. The minimum Gasteiger partial charge on any atom is -0.396 e. The lowest BCUT2D eigenvalue weighted by molar-refractivity contribution is 0.213. The maximum absolute atomic E-state index is 11.6. The third-order valence-corrected chi connectivity index (χ3v) is 4.16. The van der Waals surface area contributed by atoms with Gasteiger partial charge in [-0.2, -0.15) is 5.26 Å². The van der Waals surface area contributed by atoms with E-state index >= 15 is 0 Å². The molecule has 0 heterocycles. The second kappa shape index (κ2) is 6.18. The van der Waals surface area contributed by atoms with Crippen LogP contribution in [0.4, 0.5) is 0 Å². The Labute approximate surface area is 97.5 Å². The van der Waals surface area contributed by atoms with Gasteiger partial charge in [0.1, 0.15) is 0 Å². The van der Waals surface area contributed by atoms with Gasteiger partial charge in [0.25, 0.3) is 0 Å². The van der Waals surface area contributed by atoms with Crippen LogP contribution in [-0.2, 0) is 10.0 Å². The highest BCUT2D eigenvalue weighted by Crippen LogP contribution is 2.19. The summed E-state index contributed by atoms with van der Waals surface area (Å²) in [6.45, 7) is 5.63. The van der Waals surface area contributed by atoms with Crippen molar-refractivity contribution in [3.05, 3.63) is 0 Å². The molecule has 5 nitrogen and oxygen atoms in total. The quantitative estimate of drug-likeness (QED) is 0.691. The topological polar surface area (TPSA) is 90.2 Å². The first-order chi connectivity index (χ1) is 7.29. The van der Waals surface area contributed by atoms with Crippen LogP contribution in [0.25, 0.3) is 0 Å². The van der Waals surface area contributed by atoms with Gasteiger partial charge < -0.3 is 5.11 Å². The van der Waals surface area contributed by atoms with E-state index in [2.05, 4.69) is 4.72 Å². The van der Waals surface area contributed by atoms with Gasteiger partial charge >= 0.3 is 0 Å². The molecule has 0 aliphatic rings. The lowest BCUT2D eigenvalue weighted by atomic mass is 9.90. The van der Waals surface area contributed by atoms with Crippen molar-refractivity contribution < 1.29 is 13.5 Å². The highest BCUT2D eigenvalue weighted by atomic mass is 32.2. The first kappa shape index (κ1) is 15.4. The summed E-state index contributed by atoms with van der Waals surface area (Å²) in [5.41, 5.74) is -0.310. The van der Waals surface area contributed by atoms with Crippen molar-refractivity contribution >= 4 is 10.0 Å². The lowest BCUT2D eigenvalue weighted by Gasteiger charge is -2.24. The Kier molecular flexibility index (Phi) is 5.94. The van der Waals surface area contributed by atoms with E-state index in [1.807, 2.05) is 13.8 Å². The Bertz CT molecular complexity index is 344. The fourth-order valence-corrected chi connectivity index (χ4v) is 2.54. The fraction of sp³-hybridized carbons (Fsp3) is 0.900. The number of hydrogen-bond donors (Lipinski definition) is 2. The van der Waals surface area contributed by atoms with Crippen LogP contribution >= 0.6 is 0 Å². The number of nitrogens with one attached hydrogen (secondary N) is 1. The van der Waals surface area contributed by atoms with Crippen LogP contribution in [-0.4, -0.2) is 31.9 Å². The van der Waals surface area contributed by atoms with E-state index in [4.69, 9.17) is 10.4 Å². The van der Waals surface area contributed by atoms with Crippen LogP contribution < -0.4 is 4.72 Å². The highest BCUT2D eigenvalue weighted by molar-refractivity contribution is 7.90. The molecule has 16 heavy (non-hydrogen) atoms. The van der Waals surface area contributed by atoms with Gasteiger partial charge in [-0.15, -0.1) is 0 Å². The molecule has 0 saturated carbocycles. The lowest BCUT2D eigenvalue weighted by Crippen LogP contribution is -2.39. The summed E-state index contributed by atoms with van der Waals surface area (Å²) in [6.07, 6.45) is 0.783. The van der Waals surface area contributed by atoms with Crippen molar-refractivity contribution in [3.8, 4) is 6.07 Å². The summed E-state index contributed by atoms with van der Waals surface area (Å²) in [5.74, 6) is 0. The molecule has 2 N–H and O–H groups in total. The molecule has 0 radical (unpaired) electrons. The largest absolute Gasteiger partial charge is 0.396 e. The van der Waals surface area contributed by atoms with E-state index < -0.39 is 15.3 Å². The number of aliphatic hydroxyl groups is 1. The van der Waals surface area contributed by atoms with Gasteiger partial charge in [0.05, 0.1) is 6.07 Å². The molecule has 0 aromatic carbocycles. The fourth-order valence-electron chi connectivity index (χ4n) is 1.17. The van der Waals surface area contributed by atoms with Gasteiger partial charge in [-0.05, 0) is 18.3 Å². The molecule has 1 atom stereocenters. The average molecular weight is 248 g/mol. The molecular formula is C10H20N2O3S. The Hall–Kier alpha value is -0.640. The normalized spacial score (nSPS) is 14.4. The number of hydrogen-bond acceptors (Lipinski definition) is 4. The summed E-state index contributed by atoms with van der Waals surface area (Å²) in [5, 5.41) is 16.5. The monoisotopic (exact) mass is 248 g/mol. The second-order valence-corrected chi connectivity index (χ2v) is 6.48. The Morgan fingerprint density at radius 3 is 2.44 bits per heavy atom. The number of aliphatic hydroxyl groups excluding tert-OH is 1. The van der Waals surface area contributed by atoms with Crippen molar-refractivity contribution in [1.29, 1.82) is 5.26 Å². The number of rotatable bonds is 7. The molecule has 0 fully saturated rings. The van der Waals surface area contributed by atoms with Crippen molar-refractivity contribution in [2.75, 3.05) is 13.2 Å². The Morgan fingerprint density at radius 2 is 2.06 bits per heavy atom. The molecule has 0 bridgehead atoms. The summed E-state index contributed by atoms with van der Waals surface area (Å²) in [4.78, 5) is 0. The minimum atomic E-state index is -3.57. The van der Waals surface area contributed by atoms with Crippen LogP contribution in [0, 0.1) is 16.7 Å². The van der Waals surface area contributed by atoms with Crippen molar-refractivity contribution in [2.24, 2.45) is 5.41 Å². The zero-order valence-corrected chi connectivity index (χ0v) is 10.8. The van der Waals surface area contributed by atoms with Crippen LogP contribution in [0.5, 0.6) is 0 Å². The maximum Gasteiger partial charge on any atom is 0.227 e. The Morgan fingerprint density at radius 1 is 1.50 bits per heavy atom. The van der Waals surface area contributed by atoms with E-state index in [-0.39, 0.29) is 25.0 Å². The minimum absolute atomic E-state index is 0.0180. The number of nitriles is 1. The van der Waals surface area contributed by atoms with Gasteiger partial charge in [0.15, 0.2) is 5.25 Å². The van der Waals surface area contributed by atoms with Crippen LogP contribution in [0.15, 0.2) is 0 Å². The molecule has 0 aromatic heterocycles. The summed E-state index contributed by atoms with van der Waals surface area (Å²) in [7, 11) is -3.57. The molecule has 0 rings (SSSR count). The molecule has 0 saturated heterocycles. The molecule has 6 heteroatoms. The number of sulfonamides is 1. The van der Waals surface area contributed by atoms with E-state index in [0.29, 0.717) is 6.42 Å². The zero-order chi connectivity index (χ0) is 12.8. The van der Waals surface area contributed by atoms with Gasteiger partial charge in [0.2, 0.25) is 10.0 Å². The van der Waals surface area contributed by atoms with E-state index in [1.54, 1.807) is 13.0 Å². The SMILES string of the molecule is CCC(C#N)S(=O)(=O)NCC(C)(C)CCO. The van der Waals surface area contributed by atoms with Gasteiger partial charge in [-0.1, -0.05) is 20.8 Å². The standard InChI is InChI=1S/C10H20N2O3S/c1-4-9(7-11)16(14,15)12-8-10(2,3)5-6-13/h9,12-13H,4-6,8H2,1-3H3. The predicted molar refractivity (Wildman–Crippen MR) is 62.1 cm³/mol. The third kappa shape index (κ3) is 4.92. The van der Waals surface area contributed by atoms with E-state index in [9.17, 15) is 8.42 Å². The van der Waals surface area contributed by atoms with E-state index in [1.165, 1.54) is 0 Å². The molecule has 0 aromatic rings. The van der Waals surface area contributed by atoms with Crippen LogP contribution in [0.2, 0.25) is 0 Å². The molecule has 0 aliphatic carbocycles. The molecular weight excluding hydrogens is 228 g/mol. The first-order valence-electron chi connectivity index (χ1n) is 5.28. The van der Waals surface area contributed by atoms with Crippen LogP contribution in [0.3, 0.4) is 0 Å². The number of nitrogens with zero attached hydrogens (tertiary/aromatic N) is 1. The van der Waals surface area contributed by atoms with E-state index in [0.717, 1.165) is 0 Å². The van der Waals surface area contributed by atoms with Crippen molar-refractivity contribution in [3.63, 3.8) is 0 Å². The first-order valence-corrected chi connectivity index (χ1v) is 6.82. The van der Waals surface area contributed by atoms with Gasteiger partial charge in [-0.25, -0.2) is 13.1 Å². The highest BCUT2D eigenvalue weighted by Gasteiger charge is 2.26. The maximum atomic E-state index is 11.6. The van der Waals surface area contributed by atoms with Gasteiger partial charge in [0, 0.05) is 13.2 Å². The summed E-state index contributed by atoms with van der Waals surface area (Å²) < 4.78 is 25.7. The van der Waals surface area contributed by atoms with Crippen molar-refractivity contribution in [1.82, 2.24) is 4.72 Å². The summed E-state index contributed by atoms with van der Waals surface area (Å²) >= 11 is 0. The molecule has 0 spiro atoms. The predicted octanol–water partition coefficient (Wildman–Crippen LogP) is 0.617. The third-order valence-electron chi connectivity index (χ3n) is 2.43. The Balaban J connectivity index is 4.47.